The number of hydrogen-bond donors (Lipinski definition) is 0. The van der Waals surface area contributed by atoms with Crippen LogP contribution in [0, 0.1) is 0 Å². The van der Waals surface area contributed by atoms with Crippen molar-refractivity contribution in [2.45, 2.75) is 38.3 Å². The summed E-state index contributed by atoms with van der Waals surface area (Å²) in [5.41, 5.74) is 0. The van der Waals surface area contributed by atoms with Crippen molar-refractivity contribution in [1.29, 1.82) is 0 Å². The van der Waals surface area contributed by atoms with Gasteiger partial charge in [-0.2, -0.15) is 0 Å². The molecule has 0 saturated carbocycles. The maximum atomic E-state index is 4.55. The molecule has 4 heteroatoms. The van der Waals surface area contributed by atoms with Crippen molar-refractivity contribution in [3.63, 3.8) is 0 Å². The topological polar surface area (TPSA) is 16.1 Å². The molecule has 0 aromatic carbocycles. The molecule has 1 fully saturated rings. The third-order valence-electron chi connectivity index (χ3n) is 3.44. The molecule has 0 amide bonds. The van der Waals surface area contributed by atoms with E-state index in [1.807, 2.05) is 12.3 Å². The molecule has 2 nitrogen and oxygen atoms in total. The first-order chi connectivity index (χ1) is 6.93. The molecule has 0 N–H and O–H groups in total. The maximum absolute atomic E-state index is 4.55. The predicted molar refractivity (Wildman–Crippen MR) is 71.3 cm³/mol. The van der Waals surface area contributed by atoms with Gasteiger partial charge in [-0.05, 0) is 24.2 Å². The molecule has 0 aliphatic carbocycles. The van der Waals surface area contributed by atoms with E-state index in [2.05, 4.69) is 47.5 Å². The van der Waals surface area contributed by atoms with Crippen LogP contribution in [0.4, 0.5) is 5.82 Å². The second kappa shape index (κ2) is 3.45. The summed E-state index contributed by atoms with van der Waals surface area (Å²) in [7, 11) is -2.43. The number of hydrogen-bond acceptors (Lipinski definition) is 2. The minimum atomic E-state index is -1.21. The van der Waals surface area contributed by atoms with Crippen LogP contribution in [-0.4, -0.2) is 21.5 Å². The highest BCUT2D eigenvalue weighted by Crippen LogP contribution is 2.39. The van der Waals surface area contributed by atoms with Gasteiger partial charge in [-0.3, -0.25) is 0 Å². The van der Waals surface area contributed by atoms with E-state index in [0.29, 0.717) is 0 Å². The van der Waals surface area contributed by atoms with E-state index >= 15 is 0 Å². The Morgan fingerprint density at radius 2 is 1.67 bits per heavy atom. The second-order valence-electron chi connectivity index (χ2n) is 5.65. The van der Waals surface area contributed by atoms with E-state index in [0.717, 1.165) is 0 Å². The lowest BCUT2D eigenvalue weighted by Crippen LogP contribution is -2.55. The molecule has 1 aliphatic heterocycles. The molecule has 2 rings (SSSR count). The molecule has 1 saturated heterocycles. The van der Waals surface area contributed by atoms with Crippen LogP contribution < -0.4 is 4.23 Å². The van der Waals surface area contributed by atoms with Crippen LogP contribution in [0.15, 0.2) is 24.4 Å². The summed E-state index contributed by atoms with van der Waals surface area (Å²) in [5.74, 6) is 1.23. The first-order valence-corrected chi connectivity index (χ1v) is 12.0. The third kappa shape index (κ3) is 1.88. The number of aromatic nitrogens is 1. The second-order valence-corrected chi connectivity index (χ2v) is 15.2. The van der Waals surface area contributed by atoms with Gasteiger partial charge in [0.05, 0.1) is 0 Å². The number of pyridine rings is 1. The fourth-order valence-electron chi connectivity index (χ4n) is 2.76. The van der Waals surface area contributed by atoms with E-state index in [1.54, 1.807) is 0 Å². The SMILES string of the molecule is C[Si]1(C)CC[Si](C)(C)N1c1ccccn1. The minimum absolute atomic E-state index is 1.21. The van der Waals surface area contributed by atoms with Crippen molar-refractivity contribution in [3.05, 3.63) is 24.4 Å². The van der Waals surface area contributed by atoms with E-state index in [4.69, 9.17) is 0 Å². The highest BCUT2D eigenvalue weighted by Gasteiger charge is 2.47. The van der Waals surface area contributed by atoms with Gasteiger partial charge in [-0.15, -0.1) is 0 Å². The lowest BCUT2D eigenvalue weighted by atomic mass is 10.5. The Morgan fingerprint density at radius 3 is 2.13 bits per heavy atom. The summed E-state index contributed by atoms with van der Waals surface area (Å²) in [6.45, 7) is 9.90. The van der Waals surface area contributed by atoms with Crippen molar-refractivity contribution in [3.8, 4) is 0 Å². The summed E-state index contributed by atoms with van der Waals surface area (Å²) < 4.78 is 2.74. The summed E-state index contributed by atoms with van der Waals surface area (Å²) in [5, 5.41) is 0. The summed E-state index contributed by atoms with van der Waals surface area (Å²) in [6.07, 6.45) is 1.92. The highest BCUT2D eigenvalue weighted by atomic mass is 28.4. The lowest BCUT2D eigenvalue weighted by Gasteiger charge is -2.40. The van der Waals surface area contributed by atoms with Crippen LogP contribution in [0.25, 0.3) is 0 Å². The normalized spacial score (nSPS) is 23.1. The van der Waals surface area contributed by atoms with Crippen LogP contribution in [0.2, 0.25) is 38.3 Å². The van der Waals surface area contributed by atoms with Gasteiger partial charge >= 0.3 is 0 Å². The van der Waals surface area contributed by atoms with Gasteiger partial charge in [-0.25, -0.2) is 4.98 Å². The molecular formula is C11H20N2Si2. The van der Waals surface area contributed by atoms with Gasteiger partial charge in [0.15, 0.2) is 0 Å². The van der Waals surface area contributed by atoms with Gasteiger partial charge in [0.1, 0.15) is 22.3 Å². The zero-order valence-electron chi connectivity index (χ0n) is 10.1. The van der Waals surface area contributed by atoms with E-state index < -0.39 is 16.5 Å². The van der Waals surface area contributed by atoms with Crippen LogP contribution in [0.3, 0.4) is 0 Å². The maximum Gasteiger partial charge on any atom is 0.142 e. The Kier molecular flexibility index (Phi) is 2.51. The molecule has 0 bridgehead atoms. The summed E-state index contributed by atoms with van der Waals surface area (Å²) in [6, 6.07) is 9.15. The summed E-state index contributed by atoms with van der Waals surface area (Å²) >= 11 is 0. The van der Waals surface area contributed by atoms with Gasteiger partial charge in [-0.1, -0.05) is 32.3 Å². The Bertz CT molecular complexity index is 333. The smallest absolute Gasteiger partial charge is 0.142 e. The monoisotopic (exact) mass is 236 g/mol. The molecule has 0 radical (unpaired) electrons. The molecule has 1 aromatic rings. The van der Waals surface area contributed by atoms with E-state index in [1.165, 1.54) is 17.9 Å². The van der Waals surface area contributed by atoms with Gasteiger partial charge in [0, 0.05) is 6.20 Å². The largest absolute Gasteiger partial charge is 0.409 e. The van der Waals surface area contributed by atoms with Crippen LogP contribution in [-0.2, 0) is 0 Å². The van der Waals surface area contributed by atoms with Crippen molar-refractivity contribution >= 4 is 22.3 Å². The predicted octanol–water partition coefficient (Wildman–Crippen LogP) is 3.31. The molecule has 0 atom stereocenters. The zero-order valence-corrected chi connectivity index (χ0v) is 12.1. The standard InChI is InChI=1S/C11H20N2Si2/c1-14(2)9-10-15(3,4)13(14)11-7-5-6-8-12-11/h5-8H,9-10H2,1-4H3. The molecule has 1 aromatic heterocycles. The Morgan fingerprint density at radius 1 is 1.07 bits per heavy atom. The fourth-order valence-corrected chi connectivity index (χ4v) is 16.8. The minimum Gasteiger partial charge on any atom is -0.409 e. The van der Waals surface area contributed by atoms with Crippen LogP contribution >= 0.6 is 0 Å². The average molecular weight is 236 g/mol. The first-order valence-electron chi connectivity index (χ1n) is 5.65. The van der Waals surface area contributed by atoms with Gasteiger partial charge in [0.2, 0.25) is 0 Å². The Hall–Kier alpha value is -0.616. The van der Waals surface area contributed by atoms with Crippen molar-refractivity contribution in [1.82, 2.24) is 4.98 Å². The quantitative estimate of drug-likeness (QED) is 0.696. The van der Waals surface area contributed by atoms with Crippen LogP contribution in [0.1, 0.15) is 0 Å². The van der Waals surface area contributed by atoms with Gasteiger partial charge < -0.3 is 4.23 Å². The molecule has 0 spiro atoms. The van der Waals surface area contributed by atoms with Gasteiger partial charge in [0.25, 0.3) is 0 Å². The van der Waals surface area contributed by atoms with Crippen LogP contribution in [0.5, 0.6) is 0 Å². The molecule has 1 aliphatic rings. The van der Waals surface area contributed by atoms with E-state index in [-0.39, 0.29) is 0 Å². The molecule has 15 heavy (non-hydrogen) atoms. The molecule has 2 heterocycles. The van der Waals surface area contributed by atoms with E-state index in [9.17, 15) is 0 Å². The third-order valence-corrected chi connectivity index (χ3v) is 13.4. The van der Waals surface area contributed by atoms with Crippen molar-refractivity contribution in [2.24, 2.45) is 0 Å². The van der Waals surface area contributed by atoms with Crippen molar-refractivity contribution in [2.75, 3.05) is 4.23 Å². The Labute approximate surface area is 94.5 Å². The average Bonchev–Trinajstić information content (AvgIpc) is 2.37. The lowest BCUT2D eigenvalue weighted by molar-refractivity contribution is 1.24. The summed E-state index contributed by atoms with van der Waals surface area (Å²) in [4.78, 5) is 4.55. The Balaban J connectivity index is 2.42. The number of anilines is 1. The molecular weight excluding hydrogens is 216 g/mol. The zero-order chi connectivity index (χ0) is 11.1. The molecule has 0 unspecified atom stereocenters. The molecule has 82 valence electrons. The number of rotatable bonds is 1. The number of nitrogens with zero attached hydrogens (tertiary/aromatic N) is 2. The van der Waals surface area contributed by atoms with Crippen molar-refractivity contribution < 1.29 is 0 Å². The fraction of sp³-hybridized carbons (Fsp3) is 0.545. The highest BCUT2D eigenvalue weighted by molar-refractivity contribution is 7.04. The first kappa shape index (κ1) is 10.9.